The van der Waals surface area contributed by atoms with Crippen LogP contribution < -0.4 is 5.32 Å². The van der Waals surface area contributed by atoms with Crippen molar-refractivity contribution in [3.63, 3.8) is 0 Å². The van der Waals surface area contributed by atoms with Crippen molar-refractivity contribution in [1.29, 1.82) is 0 Å². The first kappa shape index (κ1) is 11.4. The Kier molecular flexibility index (Phi) is 3.14. The summed E-state index contributed by atoms with van der Waals surface area (Å²) in [4.78, 5) is 15.6. The summed E-state index contributed by atoms with van der Waals surface area (Å²) in [6, 6.07) is 0. The van der Waals surface area contributed by atoms with Gasteiger partial charge in [-0.1, -0.05) is 19.8 Å². The smallest absolute Gasteiger partial charge is 0.329 e. The third-order valence-corrected chi connectivity index (χ3v) is 3.87. The summed E-state index contributed by atoms with van der Waals surface area (Å²) in [6.45, 7) is 2.11. The first-order valence-electron chi connectivity index (χ1n) is 5.53. The molecule has 1 aromatic rings. The molecule has 0 aromatic carbocycles. The zero-order valence-corrected chi connectivity index (χ0v) is 10.1. The maximum absolute atomic E-state index is 11.5. The minimum absolute atomic E-state index is 0.456. The fraction of sp³-hybridized carbons (Fsp3) is 0.636. The van der Waals surface area contributed by atoms with Crippen LogP contribution in [0.3, 0.4) is 0 Å². The molecule has 2 atom stereocenters. The van der Waals surface area contributed by atoms with E-state index in [0.717, 1.165) is 12.8 Å². The van der Waals surface area contributed by atoms with Crippen LogP contribution in [0.4, 0.5) is 5.13 Å². The number of hydrogen-bond acceptors (Lipinski definition) is 4. The first-order valence-corrected chi connectivity index (χ1v) is 6.41. The van der Waals surface area contributed by atoms with E-state index in [1.807, 2.05) is 5.38 Å². The van der Waals surface area contributed by atoms with E-state index in [9.17, 15) is 9.90 Å². The minimum Gasteiger partial charge on any atom is -0.480 e. The van der Waals surface area contributed by atoms with Crippen LogP contribution in [-0.4, -0.2) is 21.6 Å². The van der Waals surface area contributed by atoms with Gasteiger partial charge in [-0.05, 0) is 18.8 Å². The van der Waals surface area contributed by atoms with Gasteiger partial charge in [-0.15, -0.1) is 11.3 Å². The number of anilines is 1. The number of aromatic nitrogens is 1. The van der Waals surface area contributed by atoms with Gasteiger partial charge < -0.3 is 10.4 Å². The molecular formula is C11H16N2O2S. The average Bonchev–Trinajstić information content (AvgIpc) is 2.70. The van der Waals surface area contributed by atoms with Crippen LogP contribution >= 0.6 is 11.3 Å². The van der Waals surface area contributed by atoms with Crippen LogP contribution in [-0.2, 0) is 4.79 Å². The lowest BCUT2D eigenvalue weighted by atomic mass is 9.76. The average molecular weight is 240 g/mol. The Morgan fingerprint density at radius 1 is 1.75 bits per heavy atom. The number of carboxylic acid groups (broad SMARTS) is 1. The van der Waals surface area contributed by atoms with Crippen LogP contribution in [0.25, 0.3) is 0 Å². The summed E-state index contributed by atoms with van der Waals surface area (Å²) in [5.74, 6) is -0.299. The number of thiazole rings is 1. The Bertz CT molecular complexity index is 366. The van der Waals surface area contributed by atoms with Crippen molar-refractivity contribution in [3.8, 4) is 0 Å². The lowest BCUT2D eigenvalue weighted by molar-refractivity contribution is -0.144. The number of nitrogens with zero attached hydrogens (tertiary/aromatic N) is 1. The summed E-state index contributed by atoms with van der Waals surface area (Å²) < 4.78 is 0. The van der Waals surface area contributed by atoms with E-state index in [1.165, 1.54) is 11.3 Å². The zero-order valence-electron chi connectivity index (χ0n) is 9.27. The number of carbonyl (C=O) groups is 1. The molecule has 1 heterocycles. The van der Waals surface area contributed by atoms with Crippen molar-refractivity contribution in [2.45, 2.75) is 38.1 Å². The highest BCUT2D eigenvalue weighted by atomic mass is 32.1. The molecule has 5 heteroatoms. The lowest BCUT2D eigenvalue weighted by Crippen LogP contribution is -2.49. The summed E-state index contributed by atoms with van der Waals surface area (Å²) in [5, 5.41) is 15.1. The maximum atomic E-state index is 11.5. The fourth-order valence-corrected chi connectivity index (χ4v) is 3.03. The molecular weight excluding hydrogens is 224 g/mol. The van der Waals surface area contributed by atoms with Crippen LogP contribution in [0.5, 0.6) is 0 Å². The van der Waals surface area contributed by atoms with Crippen LogP contribution in [0.2, 0.25) is 0 Å². The van der Waals surface area contributed by atoms with Gasteiger partial charge in [0.1, 0.15) is 5.54 Å². The van der Waals surface area contributed by atoms with Crippen LogP contribution in [0.1, 0.15) is 32.6 Å². The largest absolute Gasteiger partial charge is 0.480 e. The van der Waals surface area contributed by atoms with E-state index >= 15 is 0 Å². The molecule has 0 spiro atoms. The summed E-state index contributed by atoms with van der Waals surface area (Å²) in [5.41, 5.74) is -0.810. The van der Waals surface area contributed by atoms with Gasteiger partial charge in [-0.2, -0.15) is 0 Å². The Labute approximate surface area is 98.7 Å². The molecule has 4 nitrogen and oxygen atoms in total. The Morgan fingerprint density at radius 3 is 3.12 bits per heavy atom. The van der Waals surface area contributed by atoms with Crippen molar-refractivity contribution in [2.75, 3.05) is 5.32 Å². The molecule has 0 bridgehead atoms. The van der Waals surface area contributed by atoms with E-state index in [2.05, 4.69) is 17.2 Å². The standard InChI is InChI=1S/C11H16N2O2S/c1-8-3-2-4-11(7-8,9(14)15)13-10-12-5-6-16-10/h5-6,8H,2-4,7H2,1H3,(H,12,13)(H,14,15). The molecule has 2 N–H and O–H groups in total. The van der Waals surface area contributed by atoms with Gasteiger partial charge in [0.15, 0.2) is 5.13 Å². The van der Waals surface area contributed by atoms with E-state index < -0.39 is 11.5 Å². The molecule has 0 radical (unpaired) electrons. The molecule has 1 saturated carbocycles. The van der Waals surface area contributed by atoms with Gasteiger partial charge in [0.05, 0.1) is 0 Å². The second-order valence-corrected chi connectivity index (χ2v) is 5.45. The topological polar surface area (TPSA) is 62.2 Å². The zero-order chi connectivity index (χ0) is 11.6. The monoisotopic (exact) mass is 240 g/mol. The predicted octanol–water partition coefficient (Wildman–Crippen LogP) is 2.59. The summed E-state index contributed by atoms with van der Waals surface area (Å²) in [6.07, 6.45) is 5.14. The van der Waals surface area contributed by atoms with Gasteiger partial charge >= 0.3 is 5.97 Å². The molecule has 1 aliphatic rings. The van der Waals surface area contributed by atoms with Crippen molar-refractivity contribution >= 4 is 22.4 Å². The maximum Gasteiger partial charge on any atom is 0.329 e. The third-order valence-electron chi connectivity index (χ3n) is 3.19. The van der Waals surface area contributed by atoms with Crippen molar-refractivity contribution < 1.29 is 9.90 Å². The number of carboxylic acids is 1. The quantitative estimate of drug-likeness (QED) is 0.852. The molecule has 0 saturated heterocycles. The molecule has 1 aliphatic carbocycles. The molecule has 1 aromatic heterocycles. The van der Waals surface area contributed by atoms with Crippen molar-refractivity contribution in [2.24, 2.45) is 5.92 Å². The third kappa shape index (κ3) is 2.19. The molecule has 0 aliphatic heterocycles. The van der Waals surface area contributed by atoms with Crippen LogP contribution in [0.15, 0.2) is 11.6 Å². The number of nitrogens with one attached hydrogen (secondary N) is 1. The normalized spacial score (nSPS) is 29.9. The molecule has 2 rings (SSSR count). The molecule has 16 heavy (non-hydrogen) atoms. The Hall–Kier alpha value is -1.10. The highest BCUT2D eigenvalue weighted by Crippen LogP contribution is 2.35. The van der Waals surface area contributed by atoms with Gasteiger partial charge in [0.2, 0.25) is 0 Å². The van der Waals surface area contributed by atoms with Crippen LogP contribution in [0, 0.1) is 5.92 Å². The fourth-order valence-electron chi connectivity index (χ4n) is 2.40. The number of aliphatic carboxylic acids is 1. The number of hydrogen-bond donors (Lipinski definition) is 2. The molecule has 88 valence electrons. The SMILES string of the molecule is CC1CCCC(Nc2nccs2)(C(=O)O)C1. The summed E-state index contributed by atoms with van der Waals surface area (Å²) >= 11 is 1.45. The predicted molar refractivity (Wildman–Crippen MR) is 63.7 cm³/mol. The summed E-state index contributed by atoms with van der Waals surface area (Å²) in [7, 11) is 0. The first-order chi connectivity index (χ1) is 7.62. The Balaban J connectivity index is 2.18. The van der Waals surface area contributed by atoms with Crippen molar-refractivity contribution in [1.82, 2.24) is 4.98 Å². The highest BCUT2D eigenvalue weighted by Gasteiger charge is 2.42. The van der Waals surface area contributed by atoms with Gasteiger partial charge in [0, 0.05) is 11.6 Å². The van der Waals surface area contributed by atoms with Gasteiger partial charge in [0.25, 0.3) is 0 Å². The minimum atomic E-state index is -0.810. The van der Waals surface area contributed by atoms with Gasteiger partial charge in [-0.25, -0.2) is 9.78 Å². The van der Waals surface area contributed by atoms with E-state index in [1.54, 1.807) is 6.20 Å². The number of rotatable bonds is 3. The second kappa shape index (κ2) is 4.41. The van der Waals surface area contributed by atoms with Gasteiger partial charge in [-0.3, -0.25) is 0 Å². The second-order valence-electron chi connectivity index (χ2n) is 4.55. The van der Waals surface area contributed by atoms with E-state index in [0.29, 0.717) is 23.9 Å². The molecule has 2 unspecified atom stereocenters. The van der Waals surface area contributed by atoms with E-state index in [4.69, 9.17) is 0 Å². The van der Waals surface area contributed by atoms with Crippen molar-refractivity contribution in [3.05, 3.63) is 11.6 Å². The molecule has 0 amide bonds. The highest BCUT2D eigenvalue weighted by molar-refractivity contribution is 7.13. The Morgan fingerprint density at radius 2 is 2.56 bits per heavy atom. The lowest BCUT2D eigenvalue weighted by Gasteiger charge is -2.36. The molecule has 1 fully saturated rings. The van der Waals surface area contributed by atoms with E-state index in [-0.39, 0.29) is 0 Å².